The molecule has 1 rings (SSSR count). The van der Waals surface area contributed by atoms with Crippen LogP contribution in [0.25, 0.3) is 0 Å². The van der Waals surface area contributed by atoms with Crippen LogP contribution in [0, 0.1) is 6.92 Å². The number of rotatable bonds is 7. The van der Waals surface area contributed by atoms with Crippen LogP contribution in [0.4, 0.5) is 5.69 Å². The summed E-state index contributed by atoms with van der Waals surface area (Å²) in [6.07, 6.45) is 0.908. The lowest BCUT2D eigenvalue weighted by Gasteiger charge is -2.36. The summed E-state index contributed by atoms with van der Waals surface area (Å²) >= 11 is 5.39. The van der Waals surface area contributed by atoms with Gasteiger partial charge in [-0.1, -0.05) is 31.3 Å². The van der Waals surface area contributed by atoms with Crippen LogP contribution in [0.15, 0.2) is 12.1 Å². The van der Waals surface area contributed by atoms with Crippen LogP contribution in [0.5, 0.6) is 0 Å². The van der Waals surface area contributed by atoms with Gasteiger partial charge in [0.15, 0.2) is 0 Å². The minimum absolute atomic E-state index is 0.180. The highest BCUT2D eigenvalue weighted by Crippen LogP contribution is 2.32. The zero-order chi connectivity index (χ0) is 17.7. The Hall–Kier alpha value is -1.42. The summed E-state index contributed by atoms with van der Waals surface area (Å²) in [4.78, 5) is 15.3. The maximum atomic E-state index is 12.3. The third-order valence-corrected chi connectivity index (χ3v) is 4.35. The van der Waals surface area contributed by atoms with E-state index in [2.05, 4.69) is 44.7 Å². The molecule has 0 aromatic heterocycles. The number of aryl methyl sites for hydroxylation is 1. The Labute approximate surface area is 146 Å². The number of ether oxygens (including phenoxy) is 1. The number of esters is 1. The minimum Gasteiger partial charge on any atom is -0.464 e. The van der Waals surface area contributed by atoms with E-state index in [4.69, 9.17) is 17.0 Å². The van der Waals surface area contributed by atoms with Gasteiger partial charge in [-0.15, -0.1) is 0 Å². The molecule has 128 valence electrons. The lowest BCUT2D eigenvalue weighted by molar-refractivity contribution is -0.144. The molecule has 1 atom stereocenters. The molecule has 0 bridgehead atoms. The molecule has 0 saturated carbocycles. The summed E-state index contributed by atoms with van der Waals surface area (Å²) in [5, 5.41) is 0. The smallest absolute Gasteiger partial charge is 0.328 e. The molecule has 1 aromatic carbocycles. The molecule has 0 amide bonds. The Morgan fingerprint density at radius 1 is 1.26 bits per heavy atom. The van der Waals surface area contributed by atoms with Crippen LogP contribution < -0.4 is 4.90 Å². The van der Waals surface area contributed by atoms with Crippen molar-refractivity contribution in [3.63, 3.8) is 0 Å². The summed E-state index contributed by atoms with van der Waals surface area (Å²) in [6.45, 7) is 14.5. The predicted octanol–water partition coefficient (Wildman–Crippen LogP) is 4.46. The summed E-state index contributed by atoms with van der Waals surface area (Å²) in [5.74, 6) is -0.188. The molecule has 0 aliphatic rings. The highest BCUT2D eigenvalue weighted by Gasteiger charge is 2.28. The van der Waals surface area contributed by atoms with E-state index in [9.17, 15) is 4.79 Å². The van der Waals surface area contributed by atoms with Crippen LogP contribution in [0.1, 0.15) is 58.2 Å². The van der Waals surface area contributed by atoms with E-state index in [1.54, 1.807) is 0 Å². The van der Waals surface area contributed by atoms with Crippen molar-refractivity contribution in [1.82, 2.24) is 0 Å². The predicted molar refractivity (Wildman–Crippen MR) is 102 cm³/mol. The van der Waals surface area contributed by atoms with Crippen LogP contribution in [0.2, 0.25) is 0 Å². The number of carbonyl (C=O) groups excluding carboxylic acids is 1. The quantitative estimate of drug-likeness (QED) is 0.418. The first kappa shape index (κ1) is 19.6. The van der Waals surface area contributed by atoms with Gasteiger partial charge in [0.05, 0.1) is 6.61 Å². The minimum atomic E-state index is -0.334. The van der Waals surface area contributed by atoms with Gasteiger partial charge < -0.3 is 9.64 Å². The summed E-state index contributed by atoms with van der Waals surface area (Å²) in [5.41, 5.74) is 4.56. The fraction of sp³-hybridized carbons (Fsp3) is 0.579. The van der Waals surface area contributed by atoms with Crippen LogP contribution >= 0.6 is 12.2 Å². The molecule has 1 unspecified atom stereocenters. The number of benzene rings is 1. The van der Waals surface area contributed by atoms with E-state index in [0.717, 1.165) is 28.1 Å². The average molecular weight is 336 g/mol. The standard InChI is InChI=1S/C19H29NO2S/c1-8-16-10-11-17(15(7)23)13(5)18(16)20(12(3)4)14(6)19(21)22-9-2/h10-12,14H,8-9H2,1-7H3. The highest BCUT2D eigenvalue weighted by atomic mass is 32.1. The maximum absolute atomic E-state index is 12.3. The lowest BCUT2D eigenvalue weighted by atomic mass is 9.96. The molecule has 0 saturated heterocycles. The van der Waals surface area contributed by atoms with E-state index in [1.807, 2.05) is 20.8 Å². The first-order chi connectivity index (χ1) is 10.8. The normalized spacial score (nSPS) is 12.2. The number of nitrogens with zero attached hydrogens (tertiary/aromatic N) is 1. The second-order valence-electron chi connectivity index (χ2n) is 6.08. The number of hydrogen-bond donors (Lipinski definition) is 0. The molecule has 1 aromatic rings. The van der Waals surface area contributed by atoms with Gasteiger partial charge in [0.2, 0.25) is 0 Å². The molecule has 0 aliphatic carbocycles. The number of thiocarbonyl (C=S) groups is 1. The van der Waals surface area contributed by atoms with Gasteiger partial charge >= 0.3 is 5.97 Å². The first-order valence-corrected chi connectivity index (χ1v) is 8.75. The molecule has 0 aliphatic heterocycles. The summed E-state index contributed by atoms with van der Waals surface area (Å²) in [6, 6.07) is 4.06. The molecule has 0 heterocycles. The zero-order valence-electron chi connectivity index (χ0n) is 15.4. The Morgan fingerprint density at radius 3 is 2.30 bits per heavy atom. The Morgan fingerprint density at radius 2 is 1.87 bits per heavy atom. The molecule has 0 radical (unpaired) electrons. The van der Waals surface area contributed by atoms with E-state index >= 15 is 0 Å². The third kappa shape index (κ3) is 4.31. The highest BCUT2D eigenvalue weighted by molar-refractivity contribution is 7.80. The molecule has 0 N–H and O–H groups in total. The SMILES string of the molecule is CCOC(=O)C(C)N(c1c(CC)ccc(C(C)=S)c1C)C(C)C. The van der Waals surface area contributed by atoms with Crippen molar-refractivity contribution in [3.05, 3.63) is 28.8 Å². The Balaban J connectivity index is 3.50. The lowest BCUT2D eigenvalue weighted by Crippen LogP contribution is -2.45. The fourth-order valence-corrected chi connectivity index (χ4v) is 3.28. The number of hydrogen-bond acceptors (Lipinski definition) is 4. The van der Waals surface area contributed by atoms with Gasteiger partial charge in [-0.05, 0) is 64.7 Å². The van der Waals surface area contributed by atoms with Crippen LogP contribution in [-0.2, 0) is 16.0 Å². The molecule has 4 heteroatoms. The number of anilines is 1. The molecule has 0 fully saturated rings. The van der Waals surface area contributed by atoms with Crippen molar-refractivity contribution in [2.45, 2.75) is 67.0 Å². The second kappa shape index (κ2) is 8.44. The van der Waals surface area contributed by atoms with Crippen molar-refractivity contribution in [2.75, 3.05) is 11.5 Å². The van der Waals surface area contributed by atoms with Crippen LogP contribution in [0.3, 0.4) is 0 Å². The van der Waals surface area contributed by atoms with Crippen molar-refractivity contribution in [2.24, 2.45) is 0 Å². The zero-order valence-corrected chi connectivity index (χ0v) is 16.2. The van der Waals surface area contributed by atoms with Crippen LogP contribution in [-0.4, -0.2) is 29.5 Å². The monoisotopic (exact) mass is 335 g/mol. The Kier molecular flexibility index (Phi) is 7.20. The third-order valence-electron chi connectivity index (χ3n) is 4.13. The van der Waals surface area contributed by atoms with E-state index in [0.29, 0.717) is 6.61 Å². The average Bonchev–Trinajstić information content (AvgIpc) is 2.48. The topological polar surface area (TPSA) is 29.5 Å². The van der Waals surface area contributed by atoms with E-state index < -0.39 is 0 Å². The van der Waals surface area contributed by atoms with Crippen molar-refractivity contribution >= 4 is 28.7 Å². The number of carbonyl (C=O) groups is 1. The van der Waals surface area contributed by atoms with Crippen molar-refractivity contribution < 1.29 is 9.53 Å². The summed E-state index contributed by atoms with van der Waals surface area (Å²) < 4.78 is 5.24. The van der Waals surface area contributed by atoms with Gasteiger partial charge in [0, 0.05) is 16.6 Å². The van der Waals surface area contributed by atoms with Gasteiger partial charge in [-0.2, -0.15) is 0 Å². The fourth-order valence-electron chi connectivity index (χ4n) is 3.06. The largest absolute Gasteiger partial charge is 0.464 e. The van der Waals surface area contributed by atoms with Gasteiger partial charge in [0.1, 0.15) is 6.04 Å². The molecule has 3 nitrogen and oxygen atoms in total. The maximum Gasteiger partial charge on any atom is 0.328 e. The molecular weight excluding hydrogens is 306 g/mol. The second-order valence-corrected chi connectivity index (χ2v) is 6.70. The molecule has 23 heavy (non-hydrogen) atoms. The van der Waals surface area contributed by atoms with Crippen molar-refractivity contribution in [3.8, 4) is 0 Å². The molecule has 0 spiro atoms. The van der Waals surface area contributed by atoms with E-state index in [-0.39, 0.29) is 18.1 Å². The summed E-state index contributed by atoms with van der Waals surface area (Å²) in [7, 11) is 0. The van der Waals surface area contributed by atoms with E-state index in [1.165, 1.54) is 5.56 Å². The van der Waals surface area contributed by atoms with Gasteiger partial charge in [-0.25, -0.2) is 4.79 Å². The Bertz CT molecular complexity index is 581. The first-order valence-electron chi connectivity index (χ1n) is 8.34. The van der Waals surface area contributed by atoms with Gasteiger partial charge in [0.25, 0.3) is 0 Å². The molecular formula is C19H29NO2S. The van der Waals surface area contributed by atoms with Crippen molar-refractivity contribution in [1.29, 1.82) is 0 Å². The van der Waals surface area contributed by atoms with Gasteiger partial charge in [-0.3, -0.25) is 0 Å².